The fraction of sp³-hybridized carbons (Fsp3) is 0. The van der Waals surface area contributed by atoms with Crippen molar-refractivity contribution >= 4 is 11.6 Å². The maximum atomic E-state index is 5.80. The van der Waals surface area contributed by atoms with Crippen LogP contribution < -0.4 is 0 Å². The van der Waals surface area contributed by atoms with Crippen molar-refractivity contribution < 1.29 is 0 Å². The lowest BCUT2D eigenvalue weighted by molar-refractivity contribution is 0.879. The third-order valence-electron chi connectivity index (χ3n) is 1.49. The van der Waals surface area contributed by atoms with Crippen LogP contribution in [0, 0.1) is 0 Å². The van der Waals surface area contributed by atoms with Gasteiger partial charge in [-0.25, -0.2) is 9.67 Å². The number of hydrogen-bond donors (Lipinski definition) is 0. The molecule has 0 unspecified atom stereocenters. The highest BCUT2D eigenvalue weighted by molar-refractivity contribution is 6.30. The molecule has 0 aliphatic rings. The lowest BCUT2D eigenvalue weighted by atomic mass is 10.3. The molecule has 3 nitrogen and oxygen atoms in total. The fourth-order valence-corrected chi connectivity index (χ4v) is 1.14. The summed E-state index contributed by atoms with van der Waals surface area (Å²) in [5.41, 5.74) is 0.917. The second-order valence-electron chi connectivity index (χ2n) is 2.32. The van der Waals surface area contributed by atoms with Gasteiger partial charge in [0.15, 0.2) is 0 Å². The third kappa shape index (κ3) is 1.31. The van der Waals surface area contributed by atoms with E-state index >= 15 is 0 Å². The van der Waals surface area contributed by atoms with Gasteiger partial charge in [-0.3, -0.25) is 0 Å². The van der Waals surface area contributed by atoms with Crippen LogP contribution in [0.2, 0.25) is 5.02 Å². The normalized spacial score (nSPS) is 10.1. The molecule has 0 fully saturated rings. The summed E-state index contributed by atoms with van der Waals surface area (Å²) in [6.45, 7) is 0. The summed E-state index contributed by atoms with van der Waals surface area (Å²) in [4.78, 5) is 3.84. The Morgan fingerprint density at radius 1 is 1.33 bits per heavy atom. The van der Waals surface area contributed by atoms with E-state index in [4.69, 9.17) is 11.6 Å². The number of hydrogen-bond acceptors (Lipinski definition) is 2. The van der Waals surface area contributed by atoms with Crippen molar-refractivity contribution in [1.29, 1.82) is 0 Å². The maximum Gasteiger partial charge on any atom is 0.138 e. The largest absolute Gasteiger partial charge is 0.223 e. The first-order valence-corrected chi connectivity index (χ1v) is 3.84. The molecule has 0 aliphatic heterocycles. The molecule has 2 rings (SSSR count). The van der Waals surface area contributed by atoms with Gasteiger partial charge in [-0.2, -0.15) is 5.10 Å². The van der Waals surface area contributed by atoms with Gasteiger partial charge in [0.25, 0.3) is 0 Å². The molecule has 12 heavy (non-hydrogen) atoms. The van der Waals surface area contributed by atoms with Crippen LogP contribution in [-0.4, -0.2) is 14.8 Å². The summed E-state index contributed by atoms with van der Waals surface area (Å²) in [7, 11) is 0. The van der Waals surface area contributed by atoms with Crippen molar-refractivity contribution in [2.24, 2.45) is 0 Å². The van der Waals surface area contributed by atoms with Crippen LogP contribution >= 0.6 is 11.6 Å². The van der Waals surface area contributed by atoms with Crippen LogP contribution in [0.3, 0.4) is 0 Å². The molecule has 0 saturated carbocycles. The Hall–Kier alpha value is -1.35. The molecular formula is C8H6ClN3. The molecule has 0 spiro atoms. The summed E-state index contributed by atoms with van der Waals surface area (Å²) in [6, 6.07) is 7.44. The first-order valence-electron chi connectivity index (χ1n) is 3.47. The van der Waals surface area contributed by atoms with E-state index in [1.807, 2.05) is 24.3 Å². The molecule has 0 saturated heterocycles. The van der Waals surface area contributed by atoms with Crippen molar-refractivity contribution in [2.75, 3.05) is 0 Å². The Labute approximate surface area is 74.6 Å². The van der Waals surface area contributed by atoms with E-state index in [-0.39, 0.29) is 0 Å². The van der Waals surface area contributed by atoms with Crippen LogP contribution in [-0.2, 0) is 0 Å². The molecule has 1 aromatic heterocycles. The molecule has 0 radical (unpaired) electrons. The van der Waals surface area contributed by atoms with E-state index < -0.39 is 0 Å². The van der Waals surface area contributed by atoms with Gasteiger partial charge >= 0.3 is 0 Å². The highest BCUT2D eigenvalue weighted by Crippen LogP contribution is 2.12. The van der Waals surface area contributed by atoms with Crippen LogP contribution in [0.15, 0.2) is 36.9 Å². The Balaban J connectivity index is 2.48. The third-order valence-corrected chi connectivity index (χ3v) is 1.73. The zero-order valence-corrected chi connectivity index (χ0v) is 6.94. The van der Waals surface area contributed by atoms with Gasteiger partial charge in [0, 0.05) is 5.02 Å². The molecule has 0 amide bonds. The predicted octanol–water partition coefficient (Wildman–Crippen LogP) is 1.92. The minimum absolute atomic E-state index is 0.697. The number of nitrogens with zero attached hydrogens (tertiary/aromatic N) is 3. The highest BCUT2D eigenvalue weighted by atomic mass is 35.5. The highest BCUT2D eigenvalue weighted by Gasteiger charge is 1.95. The maximum absolute atomic E-state index is 5.80. The molecule has 0 aliphatic carbocycles. The smallest absolute Gasteiger partial charge is 0.138 e. The molecule has 1 aromatic carbocycles. The second-order valence-corrected chi connectivity index (χ2v) is 2.76. The number of aromatic nitrogens is 3. The van der Waals surface area contributed by atoms with E-state index in [1.165, 1.54) is 6.33 Å². The van der Waals surface area contributed by atoms with E-state index in [2.05, 4.69) is 10.1 Å². The van der Waals surface area contributed by atoms with Gasteiger partial charge < -0.3 is 0 Å². The predicted molar refractivity (Wildman–Crippen MR) is 46.4 cm³/mol. The molecule has 2 aromatic rings. The fourth-order valence-electron chi connectivity index (χ4n) is 0.960. The molecular weight excluding hydrogens is 174 g/mol. The van der Waals surface area contributed by atoms with Gasteiger partial charge in [0.2, 0.25) is 0 Å². The van der Waals surface area contributed by atoms with Gasteiger partial charge in [0.1, 0.15) is 12.7 Å². The quantitative estimate of drug-likeness (QED) is 0.670. The second kappa shape index (κ2) is 2.95. The first kappa shape index (κ1) is 7.31. The van der Waals surface area contributed by atoms with E-state index in [9.17, 15) is 0 Å². The summed E-state index contributed by atoms with van der Waals surface area (Å²) in [6.07, 6.45) is 3.12. The van der Waals surface area contributed by atoms with Gasteiger partial charge in [-0.15, -0.1) is 0 Å². The van der Waals surface area contributed by atoms with Gasteiger partial charge in [-0.1, -0.05) is 17.7 Å². The van der Waals surface area contributed by atoms with Crippen LogP contribution in [0.5, 0.6) is 0 Å². The van der Waals surface area contributed by atoms with Gasteiger partial charge in [0.05, 0.1) is 5.69 Å². The molecule has 60 valence electrons. The van der Waals surface area contributed by atoms with E-state index in [0.717, 1.165) is 5.69 Å². The average molecular weight is 180 g/mol. The van der Waals surface area contributed by atoms with Crippen molar-refractivity contribution in [2.45, 2.75) is 0 Å². The number of halogens is 1. The first-order chi connectivity index (χ1) is 5.86. The molecule has 4 heteroatoms. The van der Waals surface area contributed by atoms with Crippen molar-refractivity contribution in [3.05, 3.63) is 41.9 Å². The minimum atomic E-state index is 0.697. The summed E-state index contributed by atoms with van der Waals surface area (Å²) < 4.78 is 1.66. The average Bonchev–Trinajstić information content (AvgIpc) is 2.56. The van der Waals surface area contributed by atoms with Crippen LogP contribution in [0.25, 0.3) is 5.69 Å². The summed E-state index contributed by atoms with van der Waals surface area (Å²) in [5.74, 6) is 0. The van der Waals surface area contributed by atoms with Crippen LogP contribution in [0.4, 0.5) is 0 Å². The Kier molecular flexibility index (Phi) is 1.80. The number of rotatable bonds is 1. The zero-order valence-electron chi connectivity index (χ0n) is 6.18. The van der Waals surface area contributed by atoms with Gasteiger partial charge in [-0.05, 0) is 18.2 Å². The topological polar surface area (TPSA) is 30.7 Å². The monoisotopic (exact) mass is 179 g/mol. The standard InChI is InChI=1S/C8H6ClN3/c9-7-2-1-3-8(4-7)12-6-10-5-11-12/h1-6H. The van der Waals surface area contributed by atoms with Crippen molar-refractivity contribution in [1.82, 2.24) is 14.8 Å². The summed E-state index contributed by atoms with van der Waals surface area (Å²) in [5, 5.41) is 4.67. The minimum Gasteiger partial charge on any atom is -0.223 e. The Bertz CT molecular complexity index is 370. The zero-order chi connectivity index (χ0) is 8.39. The molecule has 0 N–H and O–H groups in total. The Morgan fingerprint density at radius 2 is 2.25 bits per heavy atom. The van der Waals surface area contributed by atoms with Crippen molar-refractivity contribution in [3.63, 3.8) is 0 Å². The molecule has 0 atom stereocenters. The Morgan fingerprint density at radius 3 is 2.92 bits per heavy atom. The summed E-state index contributed by atoms with van der Waals surface area (Å²) >= 11 is 5.80. The van der Waals surface area contributed by atoms with E-state index in [1.54, 1.807) is 11.0 Å². The molecule has 1 heterocycles. The van der Waals surface area contributed by atoms with Crippen molar-refractivity contribution in [3.8, 4) is 5.69 Å². The SMILES string of the molecule is Clc1cccc(-n2cncn2)c1. The van der Waals surface area contributed by atoms with Crippen LogP contribution in [0.1, 0.15) is 0 Å². The lowest BCUT2D eigenvalue weighted by Gasteiger charge is -1.98. The lowest BCUT2D eigenvalue weighted by Crippen LogP contribution is -1.92. The molecule has 0 bridgehead atoms. The number of benzene rings is 1. The van der Waals surface area contributed by atoms with E-state index in [0.29, 0.717) is 5.02 Å².